The van der Waals surface area contributed by atoms with Gasteiger partial charge in [0, 0.05) is 32.8 Å². The molecule has 0 spiro atoms. The maximum absolute atomic E-state index is 11.9. The average Bonchev–Trinajstić information content (AvgIpc) is 2.94. The van der Waals surface area contributed by atoms with Gasteiger partial charge in [0.05, 0.1) is 13.7 Å². The van der Waals surface area contributed by atoms with Crippen molar-refractivity contribution in [1.82, 2.24) is 0 Å². The number of thiophene rings is 1. The number of ether oxygens (including phenoxy) is 2. The number of benzene rings is 1. The minimum Gasteiger partial charge on any atom is -0.496 e. The lowest BCUT2D eigenvalue weighted by Gasteiger charge is -2.09. The Morgan fingerprint density at radius 1 is 1.30 bits per heavy atom. The van der Waals surface area contributed by atoms with Gasteiger partial charge in [-0.3, -0.25) is 0 Å². The van der Waals surface area contributed by atoms with Gasteiger partial charge in [0.1, 0.15) is 5.75 Å². The van der Waals surface area contributed by atoms with Gasteiger partial charge in [-0.15, -0.1) is 11.3 Å². The first-order valence-electron chi connectivity index (χ1n) is 6.97. The number of carbonyl (C=O) groups excluding carboxylic acids is 1. The molecular weight excluding hydrogens is 355 g/mol. The molecule has 0 aliphatic carbocycles. The van der Waals surface area contributed by atoms with E-state index in [0.29, 0.717) is 23.1 Å². The third-order valence-corrected chi connectivity index (χ3v) is 4.55. The van der Waals surface area contributed by atoms with Crippen molar-refractivity contribution in [3.8, 4) is 5.75 Å². The van der Waals surface area contributed by atoms with E-state index in [1.165, 1.54) is 6.08 Å². The van der Waals surface area contributed by atoms with Crippen LogP contribution in [0.3, 0.4) is 0 Å². The van der Waals surface area contributed by atoms with Crippen molar-refractivity contribution in [2.75, 3.05) is 13.7 Å². The largest absolute Gasteiger partial charge is 0.496 e. The second-order valence-corrected chi connectivity index (χ2v) is 6.51. The van der Waals surface area contributed by atoms with Gasteiger partial charge in [-0.1, -0.05) is 29.3 Å². The van der Waals surface area contributed by atoms with Crippen molar-refractivity contribution in [1.29, 1.82) is 0 Å². The molecule has 0 amide bonds. The van der Waals surface area contributed by atoms with Gasteiger partial charge in [0.15, 0.2) is 0 Å². The van der Waals surface area contributed by atoms with E-state index in [-0.39, 0.29) is 0 Å². The first-order valence-corrected chi connectivity index (χ1v) is 8.61. The molecule has 6 heteroatoms. The quantitative estimate of drug-likeness (QED) is 0.514. The van der Waals surface area contributed by atoms with Gasteiger partial charge in [-0.2, -0.15) is 0 Å². The normalized spacial score (nSPS) is 11.4. The fourth-order valence-electron chi connectivity index (χ4n) is 2.05. The van der Waals surface area contributed by atoms with E-state index < -0.39 is 5.97 Å². The third-order valence-electron chi connectivity index (χ3n) is 3.09. The van der Waals surface area contributed by atoms with Crippen LogP contribution >= 0.6 is 34.5 Å². The predicted molar refractivity (Wildman–Crippen MR) is 95.6 cm³/mol. The third kappa shape index (κ3) is 4.99. The molecular formula is C17H16Cl2O3S. The molecule has 0 unspecified atom stereocenters. The summed E-state index contributed by atoms with van der Waals surface area (Å²) < 4.78 is 10.2. The van der Waals surface area contributed by atoms with Crippen molar-refractivity contribution < 1.29 is 14.3 Å². The Morgan fingerprint density at radius 2 is 2.09 bits per heavy atom. The van der Waals surface area contributed by atoms with Crippen LogP contribution in [0, 0.1) is 0 Å². The average molecular weight is 371 g/mol. The van der Waals surface area contributed by atoms with Crippen LogP contribution in [0.25, 0.3) is 5.57 Å². The zero-order chi connectivity index (χ0) is 16.8. The standard InChI is InChI=1S/C17H16Cl2O3S/c1-3-22-17(20)7-11(6-14-9-13(21-2)10-23-14)15-5-4-12(18)8-16(15)19/h4-5,7-10H,3,6H2,1-2H3. The Balaban J connectivity index is 2.36. The minimum atomic E-state index is -0.392. The van der Waals surface area contributed by atoms with Gasteiger partial charge in [0.2, 0.25) is 0 Å². The van der Waals surface area contributed by atoms with Gasteiger partial charge >= 0.3 is 5.97 Å². The molecule has 0 N–H and O–H groups in total. The Kier molecular flexibility index (Phi) is 6.51. The molecule has 0 saturated heterocycles. The Labute approximate surface area is 149 Å². The van der Waals surface area contributed by atoms with Crippen molar-refractivity contribution in [3.05, 3.63) is 56.2 Å². The lowest BCUT2D eigenvalue weighted by molar-refractivity contribution is -0.137. The molecule has 0 radical (unpaired) electrons. The highest BCUT2D eigenvalue weighted by molar-refractivity contribution is 7.10. The fraction of sp³-hybridized carbons (Fsp3) is 0.235. The molecule has 0 aliphatic rings. The van der Waals surface area contributed by atoms with E-state index in [0.717, 1.165) is 21.8 Å². The highest BCUT2D eigenvalue weighted by atomic mass is 35.5. The smallest absolute Gasteiger partial charge is 0.331 e. The molecule has 122 valence electrons. The van der Waals surface area contributed by atoms with Gasteiger partial charge < -0.3 is 9.47 Å². The summed E-state index contributed by atoms with van der Waals surface area (Å²) in [7, 11) is 1.62. The first-order chi connectivity index (χ1) is 11.0. The second-order valence-electron chi connectivity index (χ2n) is 4.68. The van der Waals surface area contributed by atoms with Crippen LogP contribution in [0.2, 0.25) is 10.0 Å². The Morgan fingerprint density at radius 3 is 2.70 bits per heavy atom. The number of rotatable bonds is 6. The fourth-order valence-corrected chi connectivity index (χ4v) is 3.43. The van der Waals surface area contributed by atoms with Crippen LogP contribution in [0.4, 0.5) is 0 Å². The van der Waals surface area contributed by atoms with E-state index in [1.807, 2.05) is 11.4 Å². The summed E-state index contributed by atoms with van der Waals surface area (Å²) in [6.45, 7) is 2.09. The molecule has 0 fully saturated rings. The highest BCUT2D eigenvalue weighted by Crippen LogP contribution is 2.32. The molecule has 2 aromatic rings. The van der Waals surface area contributed by atoms with E-state index in [1.54, 1.807) is 43.6 Å². The zero-order valence-corrected chi connectivity index (χ0v) is 15.1. The molecule has 3 nitrogen and oxygen atoms in total. The molecule has 0 aliphatic heterocycles. The number of allylic oxidation sites excluding steroid dienone is 1. The maximum Gasteiger partial charge on any atom is 0.331 e. The summed E-state index contributed by atoms with van der Waals surface area (Å²) >= 11 is 13.8. The van der Waals surface area contributed by atoms with E-state index in [9.17, 15) is 4.79 Å². The topological polar surface area (TPSA) is 35.5 Å². The van der Waals surface area contributed by atoms with Gasteiger partial charge in [0.25, 0.3) is 0 Å². The number of esters is 1. The lowest BCUT2D eigenvalue weighted by Crippen LogP contribution is -2.02. The molecule has 0 bridgehead atoms. The van der Waals surface area contributed by atoms with E-state index in [2.05, 4.69) is 0 Å². The number of methoxy groups -OCH3 is 1. The molecule has 1 aromatic carbocycles. The van der Waals surface area contributed by atoms with Crippen molar-refractivity contribution in [3.63, 3.8) is 0 Å². The van der Waals surface area contributed by atoms with Crippen LogP contribution < -0.4 is 4.74 Å². The Hall–Kier alpha value is -1.49. The van der Waals surface area contributed by atoms with E-state index >= 15 is 0 Å². The summed E-state index contributed by atoms with van der Waals surface area (Å²) in [6, 6.07) is 7.15. The molecule has 0 atom stereocenters. The van der Waals surface area contributed by atoms with Crippen molar-refractivity contribution in [2.45, 2.75) is 13.3 Å². The monoisotopic (exact) mass is 370 g/mol. The minimum absolute atomic E-state index is 0.323. The van der Waals surface area contributed by atoms with E-state index in [4.69, 9.17) is 32.7 Å². The number of halogens is 2. The number of hydrogen-bond donors (Lipinski definition) is 0. The molecule has 0 saturated carbocycles. The van der Waals surface area contributed by atoms with Crippen LogP contribution in [0.5, 0.6) is 5.75 Å². The second kappa shape index (κ2) is 8.39. The van der Waals surface area contributed by atoms with Crippen LogP contribution in [-0.4, -0.2) is 19.7 Å². The summed E-state index contributed by atoms with van der Waals surface area (Å²) in [4.78, 5) is 12.9. The Bertz CT molecular complexity index is 722. The molecule has 2 rings (SSSR count). The summed E-state index contributed by atoms with van der Waals surface area (Å²) in [6.07, 6.45) is 2.03. The SMILES string of the molecule is CCOC(=O)C=C(Cc1cc(OC)cs1)c1ccc(Cl)cc1Cl. The molecule has 23 heavy (non-hydrogen) atoms. The number of hydrogen-bond acceptors (Lipinski definition) is 4. The predicted octanol–water partition coefficient (Wildman–Crippen LogP) is 5.25. The first kappa shape index (κ1) is 17.9. The summed E-state index contributed by atoms with van der Waals surface area (Å²) in [5.41, 5.74) is 1.53. The molecule has 1 heterocycles. The van der Waals surface area contributed by atoms with Crippen LogP contribution in [0.15, 0.2) is 35.7 Å². The van der Waals surface area contributed by atoms with Gasteiger partial charge in [-0.05, 0) is 36.3 Å². The van der Waals surface area contributed by atoms with Crippen molar-refractivity contribution >= 4 is 46.1 Å². The summed E-state index contributed by atoms with van der Waals surface area (Å²) in [5, 5.41) is 2.96. The molecule has 1 aromatic heterocycles. The van der Waals surface area contributed by atoms with Crippen molar-refractivity contribution in [2.24, 2.45) is 0 Å². The van der Waals surface area contributed by atoms with Gasteiger partial charge in [-0.25, -0.2) is 4.79 Å². The zero-order valence-electron chi connectivity index (χ0n) is 12.8. The lowest BCUT2D eigenvalue weighted by atomic mass is 10.0. The summed E-state index contributed by atoms with van der Waals surface area (Å²) in [5.74, 6) is 0.403. The maximum atomic E-state index is 11.9. The van der Waals surface area contributed by atoms with Crippen LogP contribution in [-0.2, 0) is 16.0 Å². The van der Waals surface area contributed by atoms with Crippen LogP contribution in [0.1, 0.15) is 17.4 Å². The highest BCUT2D eigenvalue weighted by Gasteiger charge is 2.12. The number of carbonyl (C=O) groups is 1.